The molecular weight excluding hydrogens is 314 g/mol. The first-order chi connectivity index (χ1) is 12.0. The fourth-order valence-electron chi connectivity index (χ4n) is 4.21. The van der Waals surface area contributed by atoms with Crippen molar-refractivity contribution in [2.45, 2.75) is 52.5 Å². The number of pyridine rings is 1. The molecule has 1 aromatic rings. The van der Waals surface area contributed by atoms with Crippen LogP contribution in [0.2, 0.25) is 0 Å². The van der Waals surface area contributed by atoms with Gasteiger partial charge in [0.25, 0.3) is 11.5 Å². The predicted octanol–water partition coefficient (Wildman–Crippen LogP) is 2.50. The summed E-state index contributed by atoms with van der Waals surface area (Å²) in [5, 5.41) is 2.86. The van der Waals surface area contributed by atoms with Gasteiger partial charge in [-0.25, -0.2) is 0 Å². The molecule has 0 aromatic carbocycles. The second kappa shape index (κ2) is 7.73. The van der Waals surface area contributed by atoms with E-state index >= 15 is 0 Å². The third kappa shape index (κ3) is 4.32. The lowest BCUT2D eigenvalue weighted by Crippen LogP contribution is -2.55. The summed E-state index contributed by atoms with van der Waals surface area (Å²) in [6.45, 7) is 8.75. The second-order valence-electron chi connectivity index (χ2n) is 8.28. The molecule has 1 N–H and O–H groups in total. The van der Waals surface area contributed by atoms with Gasteiger partial charge in [0.15, 0.2) is 0 Å². The van der Waals surface area contributed by atoms with Crippen LogP contribution in [0.15, 0.2) is 23.1 Å². The van der Waals surface area contributed by atoms with Gasteiger partial charge in [-0.15, -0.1) is 0 Å². The molecule has 25 heavy (non-hydrogen) atoms. The first kappa shape index (κ1) is 18.2. The van der Waals surface area contributed by atoms with Crippen molar-refractivity contribution in [2.24, 2.45) is 11.3 Å². The van der Waals surface area contributed by atoms with Crippen LogP contribution in [0, 0.1) is 11.3 Å². The average Bonchev–Trinajstić information content (AvgIpc) is 3.02. The number of amides is 1. The molecule has 2 heterocycles. The van der Waals surface area contributed by atoms with Gasteiger partial charge in [0.1, 0.15) is 5.56 Å². The van der Waals surface area contributed by atoms with Crippen LogP contribution in [0.1, 0.15) is 56.3 Å². The fraction of sp³-hybridized carbons (Fsp3) is 0.700. The standard InChI is InChI=1S/C20H31N3O2/c1-16(2)7-10-21-18(24)17-6-5-11-23(19(17)25)13-12-22-14-20(15-22)8-3-4-9-20/h5-6,11,16H,3-4,7-10,12-15H2,1-2H3,(H,21,24). The van der Waals surface area contributed by atoms with Crippen molar-refractivity contribution in [3.05, 3.63) is 34.2 Å². The minimum Gasteiger partial charge on any atom is -0.352 e. The van der Waals surface area contributed by atoms with E-state index in [2.05, 4.69) is 24.1 Å². The van der Waals surface area contributed by atoms with E-state index in [-0.39, 0.29) is 17.0 Å². The van der Waals surface area contributed by atoms with Gasteiger partial charge < -0.3 is 14.8 Å². The quantitative estimate of drug-likeness (QED) is 0.826. The zero-order valence-corrected chi connectivity index (χ0v) is 15.6. The van der Waals surface area contributed by atoms with Crippen molar-refractivity contribution in [1.29, 1.82) is 0 Å². The van der Waals surface area contributed by atoms with Gasteiger partial charge in [0.05, 0.1) is 0 Å². The highest BCUT2D eigenvalue weighted by Crippen LogP contribution is 2.45. The summed E-state index contributed by atoms with van der Waals surface area (Å²) >= 11 is 0. The summed E-state index contributed by atoms with van der Waals surface area (Å²) in [5.74, 6) is 0.279. The normalized spacial score (nSPS) is 19.3. The highest BCUT2D eigenvalue weighted by molar-refractivity contribution is 5.93. The van der Waals surface area contributed by atoms with E-state index in [4.69, 9.17) is 0 Å². The fourth-order valence-corrected chi connectivity index (χ4v) is 4.21. The Hall–Kier alpha value is -1.62. The molecule has 1 saturated heterocycles. The maximum absolute atomic E-state index is 12.6. The Morgan fingerprint density at radius 3 is 2.64 bits per heavy atom. The number of carbonyl (C=O) groups is 1. The molecule has 1 spiro atoms. The second-order valence-corrected chi connectivity index (χ2v) is 8.28. The number of hydrogen-bond acceptors (Lipinski definition) is 3. The summed E-state index contributed by atoms with van der Waals surface area (Å²) in [5.41, 5.74) is 0.658. The summed E-state index contributed by atoms with van der Waals surface area (Å²) in [6, 6.07) is 3.42. The molecule has 1 saturated carbocycles. The van der Waals surface area contributed by atoms with E-state index in [1.165, 1.54) is 38.8 Å². The maximum atomic E-state index is 12.6. The first-order valence-corrected chi connectivity index (χ1v) is 9.69. The van der Waals surface area contributed by atoms with Crippen LogP contribution in [0.5, 0.6) is 0 Å². The molecular formula is C20H31N3O2. The summed E-state index contributed by atoms with van der Waals surface area (Å²) in [6.07, 6.45) is 8.20. The number of rotatable bonds is 7. The Bertz CT molecular complexity index is 651. The molecule has 5 heteroatoms. The Kier molecular flexibility index (Phi) is 5.62. The van der Waals surface area contributed by atoms with Gasteiger partial charge in [-0.3, -0.25) is 9.59 Å². The van der Waals surface area contributed by atoms with Crippen molar-refractivity contribution in [3.8, 4) is 0 Å². The monoisotopic (exact) mass is 345 g/mol. The SMILES string of the molecule is CC(C)CCNC(=O)c1cccn(CCN2CC3(CCCC3)C2)c1=O. The Morgan fingerprint density at radius 2 is 1.96 bits per heavy atom. The van der Waals surface area contributed by atoms with Crippen LogP contribution in [0.4, 0.5) is 0 Å². The molecule has 138 valence electrons. The van der Waals surface area contributed by atoms with Gasteiger partial charge in [-0.05, 0) is 42.7 Å². The smallest absolute Gasteiger partial charge is 0.263 e. The van der Waals surface area contributed by atoms with Crippen molar-refractivity contribution in [1.82, 2.24) is 14.8 Å². The van der Waals surface area contributed by atoms with Gasteiger partial charge in [-0.1, -0.05) is 26.7 Å². The lowest BCUT2D eigenvalue weighted by Gasteiger charge is -2.48. The molecule has 3 rings (SSSR count). The molecule has 0 radical (unpaired) electrons. The van der Waals surface area contributed by atoms with Crippen LogP contribution in [0.25, 0.3) is 0 Å². The summed E-state index contributed by atoms with van der Waals surface area (Å²) in [4.78, 5) is 27.2. The lowest BCUT2D eigenvalue weighted by atomic mass is 9.78. The highest BCUT2D eigenvalue weighted by Gasteiger charge is 2.44. The molecule has 5 nitrogen and oxygen atoms in total. The van der Waals surface area contributed by atoms with Crippen LogP contribution in [-0.2, 0) is 6.54 Å². The molecule has 0 unspecified atom stereocenters. The average molecular weight is 345 g/mol. The molecule has 2 fully saturated rings. The number of nitrogens with zero attached hydrogens (tertiary/aromatic N) is 2. The van der Waals surface area contributed by atoms with Crippen molar-refractivity contribution in [3.63, 3.8) is 0 Å². The molecule has 1 aliphatic carbocycles. The summed E-state index contributed by atoms with van der Waals surface area (Å²) < 4.78 is 1.68. The minimum atomic E-state index is -0.256. The Morgan fingerprint density at radius 1 is 1.24 bits per heavy atom. The van der Waals surface area contributed by atoms with Gasteiger partial charge in [-0.2, -0.15) is 0 Å². The summed E-state index contributed by atoms with van der Waals surface area (Å²) in [7, 11) is 0. The highest BCUT2D eigenvalue weighted by atomic mass is 16.2. The number of likely N-dealkylation sites (tertiary alicyclic amines) is 1. The van der Waals surface area contributed by atoms with Crippen LogP contribution >= 0.6 is 0 Å². The van der Waals surface area contributed by atoms with Crippen molar-refractivity contribution < 1.29 is 4.79 Å². The maximum Gasteiger partial charge on any atom is 0.263 e. The number of nitrogens with one attached hydrogen (secondary N) is 1. The molecule has 1 aliphatic heterocycles. The first-order valence-electron chi connectivity index (χ1n) is 9.69. The van der Waals surface area contributed by atoms with E-state index in [0.29, 0.717) is 24.4 Å². The van der Waals surface area contributed by atoms with Gasteiger partial charge in [0.2, 0.25) is 0 Å². The molecule has 2 aliphatic rings. The topological polar surface area (TPSA) is 54.3 Å². The molecule has 1 aromatic heterocycles. The van der Waals surface area contributed by atoms with Crippen molar-refractivity contribution >= 4 is 5.91 Å². The van der Waals surface area contributed by atoms with Gasteiger partial charge >= 0.3 is 0 Å². The van der Waals surface area contributed by atoms with Crippen LogP contribution in [-0.4, -0.2) is 41.6 Å². The third-order valence-electron chi connectivity index (χ3n) is 5.71. The Labute approximate surface area is 150 Å². The molecule has 0 atom stereocenters. The molecule has 1 amide bonds. The van der Waals surface area contributed by atoms with E-state index in [1.54, 1.807) is 22.9 Å². The minimum absolute atomic E-state index is 0.180. The van der Waals surface area contributed by atoms with Crippen LogP contribution < -0.4 is 10.9 Å². The third-order valence-corrected chi connectivity index (χ3v) is 5.71. The van der Waals surface area contributed by atoms with E-state index < -0.39 is 0 Å². The van der Waals surface area contributed by atoms with Gasteiger partial charge in [0, 0.05) is 38.9 Å². The van der Waals surface area contributed by atoms with E-state index in [0.717, 1.165) is 13.0 Å². The largest absolute Gasteiger partial charge is 0.352 e. The zero-order valence-electron chi connectivity index (χ0n) is 15.6. The number of aromatic nitrogens is 1. The number of hydrogen-bond donors (Lipinski definition) is 1. The lowest BCUT2D eigenvalue weighted by molar-refractivity contribution is 0.00384. The molecule has 0 bridgehead atoms. The van der Waals surface area contributed by atoms with Crippen molar-refractivity contribution in [2.75, 3.05) is 26.2 Å². The van der Waals surface area contributed by atoms with E-state index in [9.17, 15) is 9.59 Å². The number of carbonyl (C=O) groups excluding carboxylic acids is 1. The van der Waals surface area contributed by atoms with E-state index in [1.807, 2.05) is 0 Å². The Balaban J connectivity index is 1.52. The van der Waals surface area contributed by atoms with Crippen LogP contribution in [0.3, 0.4) is 0 Å². The predicted molar refractivity (Wildman–Crippen MR) is 99.8 cm³/mol. The zero-order chi connectivity index (χ0) is 17.9.